The molecule has 4 rings (SSSR count). The smallest absolute Gasteiger partial charge is 0.303 e. The van der Waals surface area contributed by atoms with E-state index in [0.717, 1.165) is 36.1 Å². The van der Waals surface area contributed by atoms with Crippen molar-refractivity contribution in [2.75, 3.05) is 0 Å². The summed E-state index contributed by atoms with van der Waals surface area (Å²) in [6, 6.07) is 19.9. The van der Waals surface area contributed by atoms with Gasteiger partial charge in [-0.2, -0.15) is 5.10 Å². The molecule has 1 N–H and O–H groups in total. The lowest BCUT2D eigenvalue weighted by molar-refractivity contribution is -0.141. The van der Waals surface area contributed by atoms with Crippen molar-refractivity contribution in [1.29, 1.82) is 0 Å². The van der Waals surface area contributed by atoms with Crippen LogP contribution in [0, 0.1) is 5.92 Å². The van der Waals surface area contributed by atoms with Crippen LogP contribution in [-0.4, -0.2) is 27.7 Å². The van der Waals surface area contributed by atoms with Crippen LogP contribution in [0.2, 0.25) is 0 Å². The molecule has 0 saturated heterocycles. The predicted octanol–water partition coefficient (Wildman–Crippen LogP) is 4.67. The molecule has 0 spiro atoms. The van der Waals surface area contributed by atoms with Gasteiger partial charge in [-0.15, -0.1) is 0 Å². The van der Waals surface area contributed by atoms with Crippen LogP contribution < -0.4 is 0 Å². The van der Waals surface area contributed by atoms with E-state index in [0.29, 0.717) is 0 Å². The highest BCUT2D eigenvalue weighted by atomic mass is 16.4. The standard InChI is InChI=1S/C24H24N2O3/c27-21(14-15-22(28)29)26-24(18-10-5-2-6-11-18)20-13-7-12-19(23(20)25-26)16-17-8-3-1-4-9-17/h1-6,8-11,16,20,24H,7,12-15H2,(H,28,29)/b19-16+/t20-,24-/m0/s1. The van der Waals surface area contributed by atoms with Crippen molar-refractivity contribution in [2.45, 2.75) is 38.1 Å². The van der Waals surface area contributed by atoms with Crippen molar-refractivity contribution in [3.05, 3.63) is 77.4 Å². The van der Waals surface area contributed by atoms with Crippen LogP contribution in [0.1, 0.15) is 49.3 Å². The highest BCUT2D eigenvalue weighted by molar-refractivity contribution is 6.08. The van der Waals surface area contributed by atoms with E-state index in [4.69, 9.17) is 10.2 Å². The van der Waals surface area contributed by atoms with Gasteiger partial charge in [0.05, 0.1) is 18.2 Å². The van der Waals surface area contributed by atoms with E-state index in [1.165, 1.54) is 5.57 Å². The second-order valence-corrected chi connectivity index (χ2v) is 7.55. The van der Waals surface area contributed by atoms with Crippen molar-refractivity contribution >= 4 is 23.7 Å². The number of allylic oxidation sites excluding steroid dienone is 1. The number of rotatable bonds is 5. The van der Waals surface area contributed by atoms with Crippen LogP contribution in [0.3, 0.4) is 0 Å². The van der Waals surface area contributed by atoms with E-state index in [2.05, 4.69) is 18.2 Å². The molecule has 1 aliphatic heterocycles. The summed E-state index contributed by atoms with van der Waals surface area (Å²) in [5.41, 5.74) is 4.30. The number of carbonyl (C=O) groups excluding carboxylic acids is 1. The molecule has 1 aliphatic carbocycles. The minimum Gasteiger partial charge on any atom is -0.481 e. The maximum absolute atomic E-state index is 12.9. The molecule has 2 atom stereocenters. The first-order valence-corrected chi connectivity index (χ1v) is 10.1. The fraction of sp³-hybridized carbons (Fsp3) is 0.292. The molecule has 0 unspecified atom stereocenters. The topological polar surface area (TPSA) is 70.0 Å². The number of fused-ring (bicyclic) bond motifs is 1. The number of nitrogens with zero attached hydrogens (tertiary/aromatic N) is 2. The van der Waals surface area contributed by atoms with Crippen molar-refractivity contribution < 1.29 is 14.7 Å². The zero-order valence-corrected chi connectivity index (χ0v) is 16.2. The summed E-state index contributed by atoms with van der Waals surface area (Å²) in [5.74, 6) is -1.07. The minimum absolute atomic E-state index is 0.0418. The minimum atomic E-state index is -0.969. The number of hydrazone groups is 1. The van der Waals surface area contributed by atoms with Gasteiger partial charge in [-0.05, 0) is 42.0 Å². The molecule has 0 radical (unpaired) electrons. The molecule has 2 aliphatic rings. The van der Waals surface area contributed by atoms with Crippen LogP contribution in [0.25, 0.3) is 6.08 Å². The summed E-state index contributed by atoms with van der Waals surface area (Å²) in [6.45, 7) is 0. The van der Waals surface area contributed by atoms with Gasteiger partial charge in [0.15, 0.2) is 0 Å². The van der Waals surface area contributed by atoms with Gasteiger partial charge >= 0.3 is 5.97 Å². The first-order chi connectivity index (χ1) is 14.1. The van der Waals surface area contributed by atoms with Gasteiger partial charge < -0.3 is 5.11 Å². The fourth-order valence-electron chi connectivity index (χ4n) is 4.27. The molecule has 1 heterocycles. The van der Waals surface area contributed by atoms with Gasteiger partial charge in [-0.3, -0.25) is 9.59 Å². The molecule has 5 nitrogen and oxygen atoms in total. The maximum atomic E-state index is 12.9. The van der Waals surface area contributed by atoms with Crippen LogP contribution in [0.4, 0.5) is 0 Å². The van der Waals surface area contributed by atoms with E-state index >= 15 is 0 Å². The zero-order chi connectivity index (χ0) is 20.2. The van der Waals surface area contributed by atoms with E-state index in [-0.39, 0.29) is 30.7 Å². The number of aliphatic carboxylic acids is 1. The Kier molecular flexibility index (Phi) is 5.56. The third-order valence-corrected chi connectivity index (χ3v) is 5.59. The lowest BCUT2D eigenvalue weighted by Gasteiger charge is -2.29. The van der Waals surface area contributed by atoms with Crippen molar-refractivity contribution in [3.63, 3.8) is 0 Å². The van der Waals surface area contributed by atoms with E-state index in [1.807, 2.05) is 48.5 Å². The summed E-state index contributed by atoms with van der Waals surface area (Å²) < 4.78 is 0. The Morgan fingerprint density at radius 2 is 1.72 bits per heavy atom. The molecule has 1 saturated carbocycles. The van der Waals surface area contributed by atoms with Gasteiger partial charge in [-0.1, -0.05) is 60.7 Å². The van der Waals surface area contributed by atoms with Gasteiger partial charge in [-0.25, -0.2) is 5.01 Å². The highest BCUT2D eigenvalue weighted by Gasteiger charge is 2.43. The normalized spacial score (nSPS) is 22.3. The molecular weight excluding hydrogens is 364 g/mol. The van der Waals surface area contributed by atoms with Crippen molar-refractivity contribution in [3.8, 4) is 0 Å². The number of carboxylic acid groups (broad SMARTS) is 1. The van der Waals surface area contributed by atoms with E-state index < -0.39 is 5.97 Å². The third kappa shape index (κ3) is 4.14. The van der Waals surface area contributed by atoms with E-state index in [1.54, 1.807) is 5.01 Å². The number of hydrogen-bond donors (Lipinski definition) is 1. The van der Waals surface area contributed by atoms with Crippen LogP contribution >= 0.6 is 0 Å². The Balaban J connectivity index is 1.70. The molecule has 0 bridgehead atoms. The molecule has 29 heavy (non-hydrogen) atoms. The monoisotopic (exact) mass is 388 g/mol. The van der Waals surface area contributed by atoms with Crippen LogP contribution in [0.15, 0.2) is 71.3 Å². The lowest BCUT2D eigenvalue weighted by Crippen LogP contribution is -2.32. The largest absolute Gasteiger partial charge is 0.481 e. The first-order valence-electron chi connectivity index (χ1n) is 10.1. The second-order valence-electron chi connectivity index (χ2n) is 7.55. The second kappa shape index (κ2) is 8.43. The summed E-state index contributed by atoms with van der Waals surface area (Å²) in [6.07, 6.45) is 4.89. The van der Waals surface area contributed by atoms with Gasteiger partial charge in [0, 0.05) is 12.3 Å². The quantitative estimate of drug-likeness (QED) is 0.809. The fourth-order valence-corrected chi connectivity index (χ4v) is 4.27. The summed E-state index contributed by atoms with van der Waals surface area (Å²) in [5, 5.41) is 15.3. The predicted molar refractivity (Wildman–Crippen MR) is 112 cm³/mol. The SMILES string of the molecule is O=C(O)CCC(=O)N1N=C2/C(=C/c3ccccc3)CCC[C@@H]2[C@@H]1c1ccccc1. The molecular formula is C24H24N2O3. The van der Waals surface area contributed by atoms with Crippen molar-refractivity contribution in [1.82, 2.24) is 5.01 Å². The molecule has 2 aromatic carbocycles. The number of hydrogen-bond acceptors (Lipinski definition) is 3. The molecule has 5 heteroatoms. The molecule has 2 aromatic rings. The Morgan fingerprint density at radius 1 is 1.03 bits per heavy atom. The number of amides is 1. The maximum Gasteiger partial charge on any atom is 0.303 e. The van der Waals surface area contributed by atoms with Crippen LogP contribution in [-0.2, 0) is 9.59 Å². The Hall–Kier alpha value is -3.21. The molecule has 1 amide bonds. The lowest BCUT2D eigenvalue weighted by atomic mass is 9.77. The zero-order valence-electron chi connectivity index (χ0n) is 16.2. The van der Waals surface area contributed by atoms with Gasteiger partial charge in [0.1, 0.15) is 0 Å². The van der Waals surface area contributed by atoms with Gasteiger partial charge in [0.25, 0.3) is 0 Å². The Bertz CT molecular complexity index is 951. The molecule has 0 aromatic heterocycles. The summed E-state index contributed by atoms with van der Waals surface area (Å²) >= 11 is 0. The average Bonchev–Trinajstić information content (AvgIpc) is 3.14. The van der Waals surface area contributed by atoms with Crippen LogP contribution in [0.5, 0.6) is 0 Å². The Morgan fingerprint density at radius 3 is 2.41 bits per heavy atom. The number of benzene rings is 2. The summed E-state index contributed by atoms with van der Waals surface area (Å²) in [4.78, 5) is 23.8. The number of carboxylic acids is 1. The molecule has 148 valence electrons. The van der Waals surface area contributed by atoms with E-state index in [9.17, 15) is 9.59 Å². The summed E-state index contributed by atoms with van der Waals surface area (Å²) in [7, 11) is 0. The van der Waals surface area contributed by atoms with Gasteiger partial charge in [0.2, 0.25) is 5.91 Å². The molecule has 1 fully saturated rings. The third-order valence-electron chi connectivity index (χ3n) is 5.59. The van der Waals surface area contributed by atoms with Crippen molar-refractivity contribution in [2.24, 2.45) is 11.0 Å². The first kappa shape index (κ1) is 19.1. The number of carbonyl (C=O) groups is 2. The Labute approximate surface area is 170 Å². The average molecular weight is 388 g/mol. The highest BCUT2D eigenvalue weighted by Crippen LogP contribution is 2.44.